The van der Waals surface area contributed by atoms with Crippen molar-refractivity contribution in [3.63, 3.8) is 0 Å². The Kier molecular flexibility index (Phi) is 3.40. The zero-order valence-electron chi connectivity index (χ0n) is 8.46. The van der Waals surface area contributed by atoms with E-state index in [-0.39, 0.29) is 5.01 Å². The third kappa shape index (κ3) is 3.44. The standard InChI is InChI=1S/C11H7ClF3NS/c12-8-3-1-7(2-4-8)9-6-17-10(16-9)5-11(13,14)15/h1-4,6H,5H2. The van der Waals surface area contributed by atoms with Crippen molar-refractivity contribution >= 4 is 22.9 Å². The van der Waals surface area contributed by atoms with Crippen LogP contribution in [-0.4, -0.2) is 11.2 Å². The third-order valence-corrected chi connectivity index (χ3v) is 3.14. The SMILES string of the molecule is FC(F)(F)Cc1nc(-c2ccc(Cl)cc2)cs1. The fourth-order valence-electron chi connectivity index (χ4n) is 1.32. The molecule has 0 aliphatic heterocycles. The maximum Gasteiger partial charge on any atom is 0.395 e. The largest absolute Gasteiger partial charge is 0.395 e. The number of alkyl halides is 3. The van der Waals surface area contributed by atoms with Crippen molar-refractivity contribution in [2.75, 3.05) is 0 Å². The van der Waals surface area contributed by atoms with E-state index >= 15 is 0 Å². The van der Waals surface area contributed by atoms with E-state index < -0.39 is 12.6 Å². The topological polar surface area (TPSA) is 12.9 Å². The second-order valence-corrected chi connectivity index (χ2v) is 4.80. The van der Waals surface area contributed by atoms with Crippen LogP contribution in [0.4, 0.5) is 13.2 Å². The van der Waals surface area contributed by atoms with Crippen molar-refractivity contribution in [1.82, 2.24) is 4.98 Å². The number of rotatable bonds is 2. The Bertz CT molecular complexity index is 504. The van der Waals surface area contributed by atoms with Gasteiger partial charge in [0.2, 0.25) is 0 Å². The number of hydrogen-bond donors (Lipinski definition) is 0. The summed E-state index contributed by atoms with van der Waals surface area (Å²) in [6.45, 7) is 0. The molecular weight excluding hydrogens is 271 g/mol. The molecule has 0 amide bonds. The van der Waals surface area contributed by atoms with Gasteiger partial charge in [-0.25, -0.2) is 4.98 Å². The van der Waals surface area contributed by atoms with Crippen molar-refractivity contribution in [3.05, 3.63) is 39.7 Å². The monoisotopic (exact) mass is 277 g/mol. The van der Waals surface area contributed by atoms with Gasteiger partial charge in [0.05, 0.1) is 12.1 Å². The van der Waals surface area contributed by atoms with Gasteiger partial charge in [-0.1, -0.05) is 23.7 Å². The van der Waals surface area contributed by atoms with E-state index in [1.807, 2.05) is 0 Å². The summed E-state index contributed by atoms with van der Waals surface area (Å²) in [5, 5.41) is 2.27. The highest BCUT2D eigenvalue weighted by Gasteiger charge is 2.29. The minimum atomic E-state index is -4.21. The molecule has 0 unspecified atom stereocenters. The van der Waals surface area contributed by atoms with E-state index in [2.05, 4.69) is 4.98 Å². The second-order valence-electron chi connectivity index (χ2n) is 3.43. The van der Waals surface area contributed by atoms with E-state index in [1.165, 1.54) is 0 Å². The molecule has 0 N–H and O–H groups in total. The first-order valence-corrected chi connectivity index (χ1v) is 5.97. The number of hydrogen-bond acceptors (Lipinski definition) is 2. The lowest BCUT2D eigenvalue weighted by molar-refractivity contribution is -0.127. The lowest BCUT2D eigenvalue weighted by Crippen LogP contribution is -2.11. The van der Waals surface area contributed by atoms with Gasteiger partial charge in [-0.2, -0.15) is 13.2 Å². The van der Waals surface area contributed by atoms with Gasteiger partial charge >= 0.3 is 6.18 Å². The average Bonchev–Trinajstić information content (AvgIpc) is 2.64. The molecule has 0 spiro atoms. The van der Waals surface area contributed by atoms with Gasteiger partial charge in [0.15, 0.2) is 0 Å². The molecule has 1 aromatic carbocycles. The summed E-state index contributed by atoms with van der Waals surface area (Å²) in [5.41, 5.74) is 1.31. The highest BCUT2D eigenvalue weighted by Crippen LogP contribution is 2.27. The lowest BCUT2D eigenvalue weighted by Gasteiger charge is -2.01. The molecule has 2 rings (SSSR count). The molecule has 90 valence electrons. The van der Waals surface area contributed by atoms with E-state index in [0.29, 0.717) is 10.7 Å². The number of nitrogens with zero attached hydrogens (tertiary/aromatic N) is 1. The molecule has 0 aliphatic carbocycles. The minimum absolute atomic E-state index is 0.0717. The molecule has 1 aromatic heterocycles. The van der Waals surface area contributed by atoms with Crippen molar-refractivity contribution in [1.29, 1.82) is 0 Å². The summed E-state index contributed by atoms with van der Waals surface area (Å²) < 4.78 is 36.5. The van der Waals surface area contributed by atoms with Crippen LogP contribution in [0.1, 0.15) is 5.01 Å². The molecule has 6 heteroatoms. The molecule has 1 nitrogen and oxygen atoms in total. The molecule has 1 heterocycles. The zero-order valence-corrected chi connectivity index (χ0v) is 10.0. The van der Waals surface area contributed by atoms with Crippen molar-refractivity contribution in [2.45, 2.75) is 12.6 Å². The van der Waals surface area contributed by atoms with Gasteiger partial charge in [0.25, 0.3) is 0 Å². The van der Waals surface area contributed by atoms with Crippen LogP contribution in [0, 0.1) is 0 Å². The average molecular weight is 278 g/mol. The molecule has 0 radical (unpaired) electrons. The van der Waals surface area contributed by atoms with Crippen LogP contribution in [-0.2, 0) is 6.42 Å². The van der Waals surface area contributed by atoms with E-state index in [1.54, 1.807) is 29.6 Å². The Labute approximate surface area is 105 Å². The fourth-order valence-corrected chi connectivity index (χ4v) is 2.28. The summed E-state index contributed by atoms with van der Waals surface area (Å²) in [6, 6.07) is 6.82. The highest BCUT2D eigenvalue weighted by atomic mass is 35.5. The van der Waals surface area contributed by atoms with Gasteiger partial charge in [-0.3, -0.25) is 0 Å². The van der Waals surface area contributed by atoms with Gasteiger partial charge in [0, 0.05) is 16.0 Å². The lowest BCUT2D eigenvalue weighted by atomic mass is 10.2. The summed E-state index contributed by atoms with van der Waals surface area (Å²) >= 11 is 6.74. The molecule has 0 saturated heterocycles. The van der Waals surface area contributed by atoms with Crippen LogP contribution in [0.5, 0.6) is 0 Å². The Morgan fingerprint density at radius 2 is 1.82 bits per heavy atom. The molecule has 2 aromatic rings. The van der Waals surface area contributed by atoms with Crippen LogP contribution >= 0.6 is 22.9 Å². The second kappa shape index (κ2) is 4.66. The maximum absolute atomic E-state index is 12.2. The molecule has 17 heavy (non-hydrogen) atoms. The van der Waals surface area contributed by atoms with Gasteiger partial charge < -0.3 is 0 Å². The Morgan fingerprint density at radius 1 is 1.18 bits per heavy atom. The van der Waals surface area contributed by atoms with Crippen molar-refractivity contribution in [2.24, 2.45) is 0 Å². The summed E-state index contributed by atoms with van der Waals surface area (Å²) in [7, 11) is 0. The summed E-state index contributed by atoms with van der Waals surface area (Å²) in [5.74, 6) is 0. The molecular formula is C11H7ClF3NS. The summed E-state index contributed by atoms with van der Waals surface area (Å²) in [4.78, 5) is 3.95. The molecule has 0 atom stereocenters. The first kappa shape index (κ1) is 12.4. The highest BCUT2D eigenvalue weighted by molar-refractivity contribution is 7.09. The smallest absolute Gasteiger partial charge is 0.241 e. The maximum atomic E-state index is 12.2. The quantitative estimate of drug-likeness (QED) is 0.784. The van der Waals surface area contributed by atoms with Gasteiger partial charge in [-0.05, 0) is 12.1 Å². The molecule has 0 fully saturated rings. The normalized spacial score (nSPS) is 11.8. The number of aromatic nitrogens is 1. The minimum Gasteiger partial charge on any atom is -0.241 e. The summed E-state index contributed by atoms with van der Waals surface area (Å²) in [6.07, 6.45) is -5.19. The molecule has 0 bridgehead atoms. The van der Waals surface area contributed by atoms with E-state index in [9.17, 15) is 13.2 Å². The molecule has 0 saturated carbocycles. The zero-order chi connectivity index (χ0) is 12.5. The van der Waals surface area contributed by atoms with E-state index in [4.69, 9.17) is 11.6 Å². The van der Waals surface area contributed by atoms with E-state index in [0.717, 1.165) is 16.9 Å². The third-order valence-electron chi connectivity index (χ3n) is 2.04. The first-order chi connectivity index (χ1) is 7.94. The van der Waals surface area contributed by atoms with Crippen LogP contribution < -0.4 is 0 Å². The number of halogens is 4. The number of benzene rings is 1. The van der Waals surface area contributed by atoms with Crippen molar-refractivity contribution in [3.8, 4) is 11.3 Å². The van der Waals surface area contributed by atoms with Crippen LogP contribution in [0.3, 0.4) is 0 Å². The van der Waals surface area contributed by atoms with Crippen LogP contribution in [0.25, 0.3) is 11.3 Å². The number of thiazole rings is 1. The first-order valence-electron chi connectivity index (χ1n) is 4.71. The van der Waals surface area contributed by atoms with Gasteiger partial charge in [-0.15, -0.1) is 11.3 Å². The van der Waals surface area contributed by atoms with Crippen LogP contribution in [0.15, 0.2) is 29.6 Å². The Hall–Kier alpha value is -1.07. The predicted octanol–water partition coefficient (Wildman–Crippen LogP) is 4.57. The van der Waals surface area contributed by atoms with Gasteiger partial charge in [0.1, 0.15) is 5.01 Å². The Morgan fingerprint density at radius 3 is 2.41 bits per heavy atom. The van der Waals surface area contributed by atoms with Crippen molar-refractivity contribution < 1.29 is 13.2 Å². The van der Waals surface area contributed by atoms with Crippen LogP contribution in [0.2, 0.25) is 5.02 Å². The molecule has 0 aliphatic rings. The Balaban J connectivity index is 2.21. The fraction of sp³-hybridized carbons (Fsp3) is 0.182. The predicted molar refractivity (Wildman–Crippen MR) is 62.3 cm³/mol.